The van der Waals surface area contributed by atoms with Crippen LogP contribution in [0.25, 0.3) is 10.1 Å². The molecule has 0 spiro atoms. The molecule has 1 aromatic carbocycles. The van der Waals surface area contributed by atoms with Gasteiger partial charge in [0, 0.05) is 4.70 Å². The lowest BCUT2D eigenvalue weighted by molar-refractivity contribution is 0.112. The summed E-state index contributed by atoms with van der Waals surface area (Å²) in [5, 5.41) is 1.07. The minimum atomic E-state index is -0.230. The van der Waals surface area contributed by atoms with Gasteiger partial charge in [-0.05, 0) is 41.8 Å². The van der Waals surface area contributed by atoms with Crippen molar-refractivity contribution in [3.8, 4) is 0 Å². The van der Waals surface area contributed by atoms with Gasteiger partial charge in [-0.3, -0.25) is 4.79 Å². The number of carbonyl (C=O) groups is 1. The normalized spacial score (nSPS) is 16.3. The monoisotopic (exact) mass is 234 g/mol. The second-order valence-electron chi connectivity index (χ2n) is 4.27. The van der Waals surface area contributed by atoms with Crippen LogP contribution in [0.4, 0.5) is 4.39 Å². The maximum atomic E-state index is 13.1. The SMILES string of the molecule is O=Cc1sc2cc(F)ccc2c1C1CCC1. The molecule has 0 radical (unpaired) electrons. The Morgan fingerprint density at radius 2 is 2.19 bits per heavy atom. The van der Waals surface area contributed by atoms with Crippen molar-refractivity contribution in [1.82, 2.24) is 0 Å². The minimum Gasteiger partial charge on any atom is -0.297 e. The Hall–Kier alpha value is -1.22. The number of fused-ring (bicyclic) bond motifs is 1. The average molecular weight is 234 g/mol. The predicted octanol–water partition coefficient (Wildman–Crippen LogP) is 4.12. The standard InChI is InChI=1S/C13H11FOS/c14-9-4-5-10-11(6-9)16-12(7-15)13(10)8-2-1-3-8/h4-8H,1-3H2. The summed E-state index contributed by atoms with van der Waals surface area (Å²) in [5.74, 6) is 0.283. The molecule has 0 bridgehead atoms. The molecule has 1 nitrogen and oxygen atoms in total. The number of thiophene rings is 1. The van der Waals surface area contributed by atoms with E-state index in [1.807, 2.05) is 6.07 Å². The first-order chi connectivity index (χ1) is 7.79. The summed E-state index contributed by atoms with van der Waals surface area (Å²) in [7, 11) is 0. The first-order valence-electron chi connectivity index (χ1n) is 5.46. The van der Waals surface area contributed by atoms with Crippen molar-refractivity contribution < 1.29 is 9.18 Å². The molecule has 0 unspecified atom stereocenters. The van der Waals surface area contributed by atoms with Gasteiger partial charge in [0.25, 0.3) is 0 Å². The van der Waals surface area contributed by atoms with E-state index in [1.54, 1.807) is 0 Å². The molecule has 0 atom stereocenters. The maximum Gasteiger partial charge on any atom is 0.160 e. The van der Waals surface area contributed by atoms with E-state index < -0.39 is 0 Å². The molecule has 1 saturated carbocycles. The van der Waals surface area contributed by atoms with E-state index >= 15 is 0 Å². The molecule has 82 valence electrons. The number of rotatable bonds is 2. The molecule has 1 fully saturated rings. The fraction of sp³-hybridized carbons (Fsp3) is 0.308. The van der Waals surface area contributed by atoms with Gasteiger partial charge in [-0.15, -0.1) is 11.3 Å². The van der Waals surface area contributed by atoms with Crippen LogP contribution in [0, 0.1) is 5.82 Å². The zero-order chi connectivity index (χ0) is 11.1. The van der Waals surface area contributed by atoms with Gasteiger partial charge >= 0.3 is 0 Å². The molecule has 3 heteroatoms. The van der Waals surface area contributed by atoms with Crippen LogP contribution in [0.5, 0.6) is 0 Å². The fourth-order valence-corrected chi connectivity index (χ4v) is 3.45. The topological polar surface area (TPSA) is 17.1 Å². The number of halogens is 1. The van der Waals surface area contributed by atoms with Crippen molar-refractivity contribution in [3.05, 3.63) is 34.5 Å². The van der Waals surface area contributed by atoms with Gasteiger partial charge in [0.05, 0.1) is 4.88 Å². The molecule has 0 N–H and O–H groups in total. The zero-order valence-electron chi connectivity index (χ0n) is 8.70. The highest BCUT2D eigenvalue weighted by molar-refractivity contribution is 7.20. The van der Waals surface area contributed by atoms with E-state index in [-0.39, 0.29) is 5.82 Å². The first-order valence-corrected chi connectivity index (χ1v) is 6.28. The molecule has 0 amide bonds. The zero-order valence-corrected chi connectivity index (χ0v) is 9.52. The van der Waals surface area contributed by atoms with Crippen LogP contribution in [0.2, 0.25) is 0 Å². The minimum absolute atomic E-state index is 0.230. The van der Waals surface area contributed by atoms with Crippen LogP contribution in [0.3, 0.4) is 0 Å². The summed E-state index contributed by atoms with van der Waals surface area (Å²) >= 11 is 1.41. The van der Waals surface area contributed by atoms with Crippen LogP contribution in [-0.4, -0.2) is 6.29 Å². The molecule has 0 saturated heterocycles. The van der Waals surface area contributed by atoms with E-state index in [9.17, 15) is 9.18 Å². The van der Waals surface area contributed by atoms with Crippen molar-refractivity contribution in [2.75, 3.05) is 0 Å². The van der Waals surface area contributed by atoms with Crippen LogP contribution in [0.1, 0.15) is 40.4 Å². The van der Waals surface area contributed by atoms with Crippen molar-refractivity contribution in [2.45, 2.75) is 25.2 Å². The molecule has 1 heterocycles. The Labute approximate surface area is 96.9 Å². The lowest BCUT2D eigenvalue weighted by Crippen LogP contribution is -2.09. The highest BCUT2D eigenvalue weighted by Gasteiger charge is 2.25. The van der Waals surface area contributed by atoms with E-state index in [1.165, 1.54) is 29.9 Å². The third-order valence-electron chi connectivity index (χ3n) is 3.34. The summed E-state index contributed by atoms with van der Waals surface area (Å²) < 4.78 is 14.0. The number of hydrogen-bond acceptors (Lipinski definition) is 2. The van der Waals surface area contributed by atoms with E-state index in [2.05, 4.69) is 0 Å². The summed E-state index contributed by atoms with van der Waals surface area (Å²) in [6.07, 6.45) is 4.46. The molecule has 2 aromatic rings. The van der Waals surface area contributed by atoms with Crippen molar-refractivity contribution in [1.29, 1.82) is 0 Å². The second-order valence-corrected chi connectivity index (χ2v) is 5.35. The highest BCUT2D eigenvalue weighted by Crippen LogP contribution is 2.44. The molecule has 16 heavy (non-hydrogen) atoms. The summed E-state index contributed by atoms with van der Waals surface area (Å²) in [5.41, 5.74) is 1.15. The largest absolute Gasteiger partial charge is 0.297 e. The lowest BCUT2D eigenvalue weighted by atomic mass is 9.79. The van der Waals surface area contributed by atoms with Gasteiger partial charge in [-0.1, -0.05) is 12.5 Å². The highest BCUT2D eigenvalue weighted by atomic mass is 32.1. The smallest absolute Gasteiger partial charge is 0.160 e. The van der Waals surface area contributed by atoms with Crippen LogP contribution in [0.15, 0.2) is 18.2 Å². The predicted molar refractivity (Wildman–Crippen MR) is 63.8 cm³/mol. The Morgan fingerprint density at radius 3 is 2.81 bits per heavy atom. The average Bonchev–Trinajstić information content (AvgIpc) is 2.54. The van der Waals surface area contributed by atoms with E-state index in [0.29, 0.717) is 5.92 Å². The number of carbonyl (C=O) groups excluding carboxylic acids is 1. The Bertz CT molecular complexity index is 554. The van der Waals surface area contributed by atoms with E-state index in [0.717, 1.165) is 39.7 Å². The third kappa shape index (κ3) is 1.39. The van der Waals surface area contributed by atoms with Gasteiger partial charge in [0.15, 0.2) is 6.29 Å². The Kier molecular flexibility index (Phi) is 2.28. The molecule has 0 aliphatic heterocycles. The number of hydrogen-bond donors (Lipinski definition) is 0. The molecule has 3 rings (SSSR count). The number of aldehydes is 1. The van der Waals surface area contributed by atoms with Crippen molar-refractivity contribution in [3.63, 3.8) is 0 Å². The fourth-order valence-electron chi connectivity index (χ4n) is 2.31. The first kappa shape index (κ1) is 9.97. The number of benzene rings is 1. The van der Waals surface area contributed by atoms with Gasteiger partial charge in [-0.2, -0.15) is 0 Å². The molecular weight excluding hydrogens is 223 g/mol. The summed E-state index contributed by atoms with van der Waals surface area (Å²) in [6.45, 7) is 0. The molecule has 1 aromatic heterocycles. The van der Waals surface area contributed by atoms with Gasteiger partial charge < -0.3 is 0 Å². The van der Waals surface area contributed by atoms with Gasteiger partial charge in [0.1, 0.15) is 5.82 Å². The van der Waals surface area contributed by atoms with Crippen LogP contribution in [-0.2, 0) is 0 Å². The van der Waals surface area contributed by atoms with Gasteiger partial charge in [0.2, 0.25) is 0 Å². The lowest BCUT2D eigenvalue weighted by Gasteiger charge is -2.25. The molecule has 1 aliphatic carbocycles. The summed E-state index contributed by atoms with van der Waals surface area (Å²) in [4.78, 5) is 11.8. The maximum absolute atomic E-state index is 13.1. The quantitative estimate of drug-likeness (QED) is 0.714. The van der Waals surface area contributed by atoms with Gasteiger partial charge in [-0.25, -0.2) is 4.39 Å². The van der Waals surface area contributed by atoms with E-state index in [4.69, 9.17) is 0 Å². The molecule has 1 aliphatic rings. The molecular formula is C13H11FOS. The van der Waals surface area contributed by atoms with Crippen molar-refractivity contribution >= 4 is 27.7 Å². The summed E-state index contributed by atoms with van der Waals surface area (Å²) in [6, 6.07) is 4.81. The van der Waals surface area contributed by atoms with Crippen molar-refractivity contribution in [2.24, 2.45) is 0 Å². The third-order valence-corrected chi connectivity index (χ3v) is 4.43. The van der Waals surface area contributed by atoms with Crippen LogP contribution >= 0.6 is 11.3 Å². The van der Waals surface area contributed by atoms with Crippen LogP contribution < -0.4 is 0 Å². The Balaban J connectivity index is 2.25. The Morgan fingerprint density at radius 1 is 1.38 bits per heavy atom. The second kappa shape index (κ2) is 3.67.